The lowest BCUT2D eigenvalue weighted by Crippen LogP contribution is -2.41. The quantitative estimate of drug-likeness (QED) is 0.839. The second kappa shape index (κ2) is 5.98. The van der Waals surface area contributed by atoms with Crippen molar-refractivity contribution < 1.29 is 8.78 Å². The van der Waals surface area contributed by atoms with Crippen molar-refractivity contribution >= 4 is 5.69 Å². The molecule has 1 aromatic rings. The first kappa shape index (κ1) is 14.3. The summed E-state index contributed by atoms with van der Waals surface area (Å²) in [5.74, 6) is -1.93. The number of hydrogen-bond donors (Lipinski definition) is 0. The molecule has 0 radical (unpaired) electrons. The van der Waals surface area contributed by atoms with E-state index in [4.69, 9.17) is 5.26 Å². The number of piperidine rings is 1. The molecule has 0 amide bonds. The molecule has 2 fully saturated rings. The van der Waals surface area contributed by atoms with E-state index in [1.807, 2.05) is 4.90 Å². The highest BCUT2D eigenvalue weighted by Gasteiger charge is 2.30. The highest BCUT2D eigenvalue weighted by atomic mass is 19.2. The lowest BCUT2D eigenvalue weighted by molar-refractivity contribution is 0.174. The second-order valence-corrected chi connectivity index (χ2v) is 5.86. The summed E-state index contributed by atoms with van der Waals surface area (Å²) in [6, 6.07) is 4.99. The van der Waals surface area contributed by atoms with Gasteiger partial charge in [0.25, 0.3) is 0 Å². The average Bonchev–Trinajstić information content (AvgIpc) is 3.00. The molecule has 0 saturated carbocycles. The summed E-state index contributed by atoms with van der Waals surface area (Å²) in [6.07, 6.45) is 4.75. The Kier molecular flexibility index (Phi) is 4.07. The van der Waals surface area contributed by atoms with Gasteiger partial charge in [0.15, 0.2) is 11.6 Å². The van der Waals surface area contributed by atoms with E-state index < -0.39 is 11.6 Å². The normalized spacial score (nSPS) is 23.3. The van der Waals surface area contributed by atoms with E-state index in [9.17, 15) is 8.78 Å². The Morgan fingerprint density at radius 2 is 1.81 bits per heavy atom. The molecule has 0 spiro atoms. The highest BCUT2D eigenvalue weighted by Crippen LogP contribution is 2.29. The maximum absolute atomic E-state index is 14.1. The molecule has 0 bridgehead atoms. The molecule has 21 heavy (non-hydrogen) atoms. The van der Waals surface area contributed by atoms with Gasteiger partial charge in [0.05, 0.1) is 11.3 Å². The molecule has 5 heteroatoms. The molecule has 3 nitrogen and oxygen atoms in total. The fourth-order valence-electron chi connectivity index (χ4n) is 3.41. The zero-order valence-corrected chi connectivity index (χ0v) is 12.0. The van der Waals surface area contributed by atoms with Gasteiger partial charge in [-0.1, -0.05) is 6.42 Å². The molecular weight excluding hydrogens is 272 g/mol. The zero-order chi connectivity index (χ0) is 14.8. The number of anilines is 1. The van der Waals surface area contributed by atoms with Crippen LogP contribution in [0.2, 0.25) is 0 Å². The third kappa shape index (κ3) is 2.73. The summed E-state index contributed by atoms with van der Waals surface area (Å²) >= 11 is 0. The van der Waals surface area contributed by atoms with Crippen LogP contribution in [0.25, 0.3) is 0 Å². The number of hydrogen-bond acceptors (Lipinski definition) is 3. The van der Waals surface area contributed by atoms with E-state index in [1.165, 1.54) is 31.4 Å². The third-order valence-electron chi connectivity index (χ3n) is 4.59. The zero-order valence-electron chi connectivity index (χ0n) is 12.0. The summed E-state index contributed by atoms with van der Waals surface area (Å²) < 4.78 is 27.8. The Balaban J connectivity index is 1.74. The molecule has 1 aromatic carbocycles. The summed E-state index contributed by atoms with van der Waals surface area (Å²) in [7, 11) is 0. The van der Waals surface area contributed by atoms with Crippen molar-refractivity contribution in [2.45, 2.75) is 31.7 Å². The topological polar surface area (TPSA) is 30.3 Å². The van der Waals surface area contributed by atoms with Crippen LogP contribution in [0.4, 0.5) is 14.5 Å². The Morgan fingerprint density at radius 3 is 2.52 bits per heavy atom. The molecule has 1 unspecified atom stereocenters. The van der Waals surface area contributed by atoms with Crippen molar-refractivity contribution in [3.8, 4) is 6.07 Å². The Labute approximate surface area is 123 Å². The van der Waals surface area contributed by atoms with Crippen LogP contribution in [0.3, 0.4) is 0 Å². The standard InChI is InChI=1S/C16H19F2N3/c17-15-12(10-19)4-5-14(16(15)18)21-9-6-13(11-21)20-7-2-1-3-8-20/h4-5,13H,1-3,6-9,11H2. The molecule has 3 rings (SSSR count). The van der Waals surface area contributed by atoms with E-state index in [0.29, 0.717) is 6.04 Å². The predicted molar refractivity (Wildman–Crippen MR) is 77.1 cm³/mol. The van der Waals surface area contributed by atoms with Gasteiger partial charge >= 0.3 is 0 Å². The van der Waals surface area contributed by atoms with Gasteiger partial charge in [-0.05, 0) is 44.5 Å². The van der Waals surface area contributed by atoms with Crippen molar-refractivity contribution in [1.82, 2.24) is 4.90 Å². The number of benzene rings is 1. The van der Waals surface area contributed by atoms with Crippen LogP contribution in [-0.2, 0) is 0 Å². The molecule has 2 saturated heterocycles. The van der Waals surface area contributed by atoms with Crippen LogP contribution in [0, 0.1) is 23.0 Å². The maximum Gasteiger partial charge on any atom is 0.183 e. The molecule has 2 heterocycles. The minimum atomic E-state index is -1.03. The van der Waals surface area contributed by atoms with Gasteiger partial charge in [-0.2, -0.15) is 5.26 Å². The van der Waals surface area contributed by atoms with Gasteiger partial charge in [-0.15, -0.1) is 0 Å². The van der Waals surface area contributed by atoms with Crippen LogP contribution in [-0.4, -0.2) is 37.1 Å². The minimum Gasteiger partial charge on any atom is -0.367 e. The third-order valence-corrected chi connectivity index (χ3v) is 4.59. The van der Waals surface area contributed by atoms with Gasteiger partial charge < -0.3 is 4.90 Å². The Hall–Kier alpha value is -1.67. The fourth-order valence-corrected chi connectivity index (χ4v) is 3.41. The van der Waals surface area contributed by atoms with Gasteiger partial charge in [0.2, 0.25) is 0 Å². The SMILES string of the molecule is N#Cc1ccc(N2CCC(N3CCCCC3)C2)c(F)c1F. The van der Waals surface area contributed by atoms with Gasteiger partial charge in [-0.25, -0.2) is 8.78 Å². The van der Waals surface area contributed by atoms with Gasteiger partial charge in [0.1, 0.15) is 6.07 Å². The number of nitriles is 1. The van der Waals surface area contributed by atoms with E-state index in [0.717, 1.165) is 32.6 Å². The summed E-state index contributed by atoms with van der Waals surface area (Å²) in [6.45, 7) is 3.71. The smallest absolute Gasteiger partial charge is 0.183 e. The maximum atomic E-state index is 14.1. The van der Waals surface area contributed by atoms with Crippen LogP contribution in [0.1, 0.15) is 31.2 Å². The van der Waals surface area contributed by atoms with E-state index >= 15 is 0 Å². The molecule has 0 aromatic heterocycles. The molecule has 0 aliphatic carbocycles. The number of likely N-dealkylation sites (tertiary alicyclic amines) is 1. The average molecular weight is 291 g/mol. The monoisotopic (exact) mass is 291 g/mol. The minimum absolute atomic E-state index is 0.233. The van der Waals surface area contributed by atoms with Crippen LogP contribution < -0.4 is 4.90 Å². The Morgan fingerprint density at radius 1 is 1.05 bits per heavy atom. The lowest BCUT2D eigenvalue weighted by Gasteiger charge is -2.32. The molecule has 1 atom stereocenters. The van der Waals surface area contributed by atoms with Crippen molar-refractivity contribution in [2.75, 3.05) is 31.1 Å². The van der Waals surface area contributed by atoms with Gasteiger partial charge in [0, 0.05) is 19.1 Å². The van der Waals surface area contributed by atoms with Crippen LogP contribution >= 0.6 is 0 Å². The molecule has 2 aliphatic rings. The summed E-state index contributed by atoms with van der Waals surface area (Å²) in [4.78, 5) is 4.38. The number of rotatable bonds is 2. The van der Waals surface area contributed by atoms with Crippen molar-refractivity contribution in [2.24, 2.45) is 0 Å². The second-order valence-electron chi connectivity index (χ2n) is 5.86. The lowest BCUT2D eigenvalue weighted by atomic mass is 10.1. The Bertz CT molecular complexity index is 561. The van der Waals surface area contributed by atoms with E-state index in [2.05, 4.69) is 4.90 Å². The molecular formula is C16H19F2N3. The molecule has 2 aliphatic heterocycles. The predicted octanol–water partition coefficient (Wildman–Crippen LogP) is 2.90. The number of halogens is 2. The summed E-state index contributed by atoms with van der Waals surface area (Å²) in [5.41, 5.74) is 0.0500. The molecule has 112 valence electrons. The van der Waals surface area contributed by atoms with Crippen molar-refractivity contribution in [3.63, 3.8) is 0 Å². The molecule has 0 N–H and O–H groups in total. The number of nitrogens with zero attached hydrogens (tertiary/aromatic N) is 3. The largest absolute Gasteiger partial charge is 0.367 e. The first-order valence-electron chi connectivity index (χ1n) is 7.58. The van der Waals surface area contributed by atoms with Crippen LogP contribution in [0.5, 0.6) is 0 Å². The first-order valence-corrected chi connectivity index (χ1v) is 7.58. The van der Waals surface area contributed by atoms with E-state index in [1.54, 1.807) is 6.07 Å². The van der Waals surface area contributed by atoms with Crippen LogP contribution in [0.15, 0.2) is 12.1 Å². The summed E-state index contributed by atoms with van der Waals surface area (Å²) in [5, 5.41) is 8.73. The first-order chi connectivity index (χ1) is 10.2. The van der Waals surface area contributed by atoms with Crippen molar-refractivity contribution in [3.05, 3.63) is 29.3 Å². The van der Waals surface area contributed by atoms with Crippen molar-refractivity contribution in [1.29, 1.82) is 5.26 Å². The fraction of sp³-hybridized carbons (Fsp3) is 0.562. The van der Waals surface area contributed by atoms with E-state index in [-0.39, 0.29) is 11.3 Å². The van der Waals surface area contributed by atoms with Gasteiger partial charge in [-0.3, -0.25) is 4.90 Å². The highest BCUT2D eigenvalue weighted by molar-refractivity contribution is 5.53.